The van der Waals surface area contributed by atoms with Crippen LogP contribution in [0.2, 0.25) is 0 Å². The maximum Gasteiger partial charge on any atom is 0.145 e. The SMILES string of the molecule is Cn1c2ccccc2c2c(N)c(OCCO)cc(N)c21. The molecule has 0 spiro atoms. The van der Waals surface area contributed by atoms with Gasteiger partial charge in [0, 0.05) is 29.4 Å². The number of para-hydroxylation sites is 1. The van der Waals surface area contributed by atoms with Gasteiger partial charge in [0.15, 0.2) is 0 Å². The second-order valence-electron chi connectivity index (χ2n) is 4.75. The number of hydrogen-bond acceptors (Lipinski definition) is 4. The van der Waals surface area contributed by atoms with Crippen LogP contribution in [0.5, 0.6) is 5.75 Å². The van der Waals surface area contributed by atoms with Gasteiger partial charge in [0.2, 0.25) is 0 Å². The minimum absolute atomic E-state index is 0.0626. The number of aliphatic hydroxyl groups is 1. The number of fused-ring (bicyclic) bond motifs is 3. The number of ether oxygens (including phenoxy) is 1. The maximum atomic E-state index is 8.88. The Morgan fingerprint density at radius 3 is 2.75 bits per heavy atom. The average molecular weight is 271 g/mol. The number of benzene rings is 2. The minimum Gasteiger partial charge on any atom is -0.489 e. The van der Waals surface area contributed by atoms with Gasteiger partial charge < -0.3 is 25.9 Å². The summed E-state index contributed by atoms with van der Waals surface area (Å²) in [5, 5.41) is 10.8. The molecule has 1 aromatic heterocycles. The lowest BCUT2D eigenvalue weighted by atomic mass is 10.1. The highest BCUT2D eigenvalue weighted by molar-refractivity contribution is 6.18. The van der Waals surface area contributed by atoms with E-state index in [4.69, 9.17) is 21.3 Å². The second kappa shape index (κ2) is 4.61. The molecule has 0 atom stereocenters. The van der Waals surface area contributed by atoms with Gasteiger partial charge in [-0.05, 0) is 6.07 Å². The number of aromatic nitrogens is 1. The number of nitrogen functional groups attached to an aromatic ring is 2. The largest absolute Gasteiger partial charge is 0.489 e. The van der Waals surface area contributed by atoms with Crippen molar-refractivity contribution in [3.63, 3.8) is 0 Å². The molecule has 3 rings (SSSR count). The third-order valence-corrected chi connectivity index (χ3v) is 3.55. The molecule has 0 aliphatic heterocycles. The summed E-state index contributed by atoms with van der Waals surface area (Å²) in [5.74, 6) is 0.514. The fourth-order valence-electron chi connectivity index (χ4n) is 2.69. The summed E-state index contributed by atoms with van der Waals surface area (Å²) in [7, 11) is 1.97. The number of nitrogens with two attached hydrogens (primary N) is 2. The van der Waals surface area contributed by atoms with Crippen LogP contribution in [-0.2, 0) is 7.05 Å². The molecule has 0 aliphatic rings. The topological polar surface area (TPSA) is 86.4 Å². The number of anilines is 2. The van der Waals surface area contributed by atoms with Crippen LogP contribution >= 0.6 is 0 Å². The molecule has 0 fully saturated rings. The fraction of sp³-hybridized carbons (Fsp3) is 0.200. The molecule has 0 radical (unpaired) electrons. The molecule has 0 amide bonds. The van der Waals surface area contributed by atoms with Gasteiger partial charge in [-0.1, -0.05) is 18.2 Å². The molecule has 104 valence electrons. The molecule has 0 saturated heterocycles. The Balaban J connectivity index is 2.40. The van der Waals surface area contributed by atoms with Gasteiger partial charge in [-0.25, -0.2) is 0 Å². The normalized spacial score (nSPS) is 11.3. The molecule has 3 aromatic rings. The van der Waals surface area contributed by atoms with Crippen LogP contribution in [0.3, 0.4) is 0 Å². The second-order valence-corrected chi connectivity index (χ2v) is 4.75. The van der Waals surface area contributed by atoms with Crippen LogP contribution in [0, 0.1) is 0 Å². The van der Waals surface area contributed by atoms with E-state index in [-0.39, 0.29) is 13.2 Å². The summed E-state index contributed by atoms with van der Waals surface area (Å²) in [6.07, 6.45) is 0. The quantitative estimate of drug-likeness (QED) is 0.635. The lowest BCUT2D eigenvalue weighted by Gasteiger charge is -2.11. The minimum atomic E-state index is -0.0626. The van der Waals surface area contributed by atoms with Gasteiger partial charge in [-0.2, -0.15) is 0 Å². The Morgan fingerprint density at radius 1 is 1.25 bits per heavy atom. The van der Waals surface area contributed by atoms with E-state index in [0.717, 1.165) is 21.8 Å². The first-order valence-corrected chi connectivity index (χ1v) is 6.44. The Hall–Kier alpha value is -2.40. The molecule has 1 heterocycles. The molecular formula is C15H17N3O2. The molecule has 20 heavy (non-hydrogen) atoms. The molecule has 2 aromatic carbocycles. The van der Waals surface area contributed by atoms with Crippen LogP contribution in [0.15, 0.2) is 30.3 Å². The highest BCUT2D eigenvalue weighted by Crippen LogP contribution is 2.40. The van der Waals surface area contributed by atoms with Crippen molar-refractivity contribution in [2.75, 3.05) is 24.7 Å². The zero-order valence-electron chi connectivity index (χ0n) is 11.3. The van der Waals surface area contributed by atoms with E-state index < -0.39 is 0 Å². The lowest BCUT2D eigenvalue weighted by molar-refractivity contribution is 0.202. The third kappa shape index (κ3) is 1.67. The van der Waals surface area contributed by atoms with Gasteiger partial charge in [-0.15, -0.1) is 0 Å². The highest BCUT2D eigenvalue weighted by atomic mass is 16.5. The smallest absolute Gasteiger partial charge is 0.145 e. The van der Waals surface area contributed by atoms with Crippen LogP contribution in [0.4, 0.5) is 11.4 Å². The zero-order valence-corrected chi connectivity index (χ0v) is 11.3. The van der Waals surface area contributed by atoms with Crippen molar-refractivity contribution in [3.8, 4) is 5.75 Å². The summed E-state index contributed by atoms with van der Waals surface area (Å²) >= 11 is 0. The molecule has 0 bridgehead atoms. The number of hydrogen-bond donors (Lipinski definition) is 3. The Bertz CT molecular complexity index is 793. The van der Waals surface area contributed by atoms with E-state index in [1.807, 2.05) is 35.9 Å². The summed E-state index contributed by atoms with van der Waals surface area (Å²) in [6.45, 7) is 0.132. The molecule has 0 saturated carbocycles. The van der Waals surface area contributed by atoms with Crippen molar-refractivity contribution in [2.45, 2.75) is 0 Å². The first-order valence-electron chi connectivity index (χ1n) is 6.44. The van der Waals surface area contributed by atoms with E-state index >= 15 is 0 Å². The van der Waals surface area contributed by atoms with Crippen molar-refractivity contribution in [3.05, 3.63) is 30.3 Å². The first kappa shape index (κ1) is 12.6. The molecule has 5 nitrogen and oxygen atoms in total. The Labute approximate surface area is 116 Å². The number of nitrogens with zero attached hydrogens (tertiary/aromatic N) is 1. The first-order chi connectivity index (χ1) is 9.65. The van der Waals surface area contributed by atoms with Gasteiger partial charge in [0.05, 0.1) is 23.5 Å². The summed E-state index contributed by atoms with van der Waals surface area (Å²) in [5.41, 5.74) is 15.5. The van der Waals surface area contributed by atoms with Crippen molar-refractivity contribution in [1.29, 1.82) is 0 Å². The van der Waals surface area contributed by atoms with Crippen LogP contribution in [-0.4, -0.2) is 22.9 Å². The predicted molar refractivity (Wildman–Crippen MR) is 81.8 cm³/mol. The lowest BCUT2D eigenvalue weighted by Crippen LogP contribution is -2.05. The number of aliphatic hydroxyl groups excluding tert-OH is 1. The summed E-state index contributed by atoms with van der Waals surface area (Å²) in [4.78, 5) is 0. The summed E-state index contributed by atoms with van der Waals surface area (Å²) < 4.78 is 7.50. The molecule has 0 unspecified atom stereocenters. The van der Waals surface area contributed by atoms with Crippen molar-refractivity contribution < 1.29 is 9.84 Å². The van der Waals surface area contributed by atoms with Crippen LogP contribution < -0.4 is 16.2 Å². The van der Waals surface area contributed by atoms with Gasteiger partial charge in [0.25, 0.3) is 0 Å². The molecule has 0 aliphatic carbocycles. The van der Waals surface area contributed by atoms with Gasteiger partial charge in [0.1, 0.15) is 12.4 Å². The number of aryl methyl sites for hydroxylation is 1. The van der Waals surface area contributed by atoms with E-state index in [9.17, 15) is 0 Å². The Morgan fingerprint density at radius 2 is 2.00 bits per heavy atom. The van der Waals surface area contributed by atoms with Crippen molar-refractivity contribution in [2.24, 2.45) is 7.05 Å². The van der Waals surface area contributed by atoms with Crippen LogP contribution in [0.1, 0.15) is 0 Å². The standard InChI is InChI=1S/C15H17N3O2/c1-18-11-5-3-2-4-9(11)13-14(17)12(20-7-6-19)8-10(16)15(13)18/h2-5,8,19H,6-7,16-17H2,1H3. The third-order valence-electron chi connectivity index (χ3n) is 3.55. The molecular weight excluding hydrogens is 254 g/mol. The number of rotatable bonds is 3. The van der Waals surface area contributed by atoms with E-state index in [0.29, 0.717) is 17.1 Å². The maximum absolute atomic E-state index is 8.88. The van der Waals surface area contributed by atoms with Crippen molar-refractivity contribution >= 4 is 33.2 Å². The van der Waals surface area contributed by atoms with Gasteiger partial charge in [-0.3, -0.25) is 0 Å². The average Bonchev–Trinajstić information content (AvgIpc) is 2.76. The highest BCUT2D eigenvalue weighted by Gasteiger charge is 2.16. The Kier molecular flexibility index (Phi) is 2.91. The van der Waals surface area contributed by atoms with Gasteiger partial charge >= 0.3 is 0 Å². The van der Waals surface area contributed by atoms with E-state index in [1.54, 1.807) is 6.07 Å². The van der Waals surface area contributed by atoms with Crippen molar-refractivity contribution in [1.82, 2.24) is 4.57 Å². The van der Waals surface area contributed by atoms with E-state index in [1.165, 1.54) is 0 Å². The summed E-state index contributed by atoms with van der Waals surface area (Å²) in [6, 6.07) is 9.72. The predicted octanol–water partition coefficient (Wildman–Crippen LogP) is 1.87. The van der Waals surface area contributed by atoms with Crippen LogP contribution in [0.25, 0.3) is 21.8 Å². The monoisotopic (exact) mass is 271 g/mol. The molecule has 5 heteroatoms. The molecule has 5 N–H and O–H groups in total. The zero-order chi connectivity index (χ0) is 14.3. The fourth-order valence-corrected chi connectivity index (χ4v) is 2.69. The van der Waals surface area contributed by atoms with E-state index in [2.05, 4.69) is 0 Å².